The summed E-state index contributed by atoms with van der Waals surface area (Å²) < 4.78 is 0. The zero-order valence-electron chi connectivity index (χ0n) is 6.77. The third kappa shape index (κ3) is 3.50. The highest BCUT2D eigenvalue weighted by atomic mass is 32.1. The van der Waals surface area contributed by atoms with E-state index in [9.17, 15) is 0 Å². The number of thiophene rings is 1. The van der Waals surface area contributed by atoms with Gasteiger partial charge in [-0.05, 0) is 24.4 Å². The molecule has 1 rings (SSSR count). The molecule has 2 N–H and O–H groups in total. The summed E-state index contributed by atoms with van der Waals surface area (Å²) in [4.78, 5) is 6.04. The lowest BCUT2D eigenvalue weighted by atomic mass is 10.5. The molecule has 3 nitrogen and oxygen atoms in total. The van der Waals surface area contributed by atoms with Crippen LogP contribution in [0.3, 0.4) is 0 Å². The number of hydrogen-bond donors (Lipinski definition) is 1. The van der Waals surface area contributed by atoms with E-state index in [1.54, 1.807) is 17.6 Å². The second-order valence-electron chi connectivity index (χ2n) is 2.23. The van der Waals surface area contributed by atoms with Crippen molar-refractivity contribution in [2.24, 2.45) is 10.9 Å². The highest BCUT2D eigenvalue weighted by Gasteiger charge is 1.86. The molecular weight excluding hydrogens is 172 g/mol. The van der Waals surface area contributed by atoms with Gasteiger partial charge in [0.2, 0.25) is 0 Å². The molecule has 0 aliphatic heterocycles. The van der Waals surface area contributed by atoms with Gasteiger partial charge in [-0.2, -0.15) is 0 Å². The van der Waals surface area contributed by atoms with Crippen LogP contribution >= 0.6 is 11.3 Å². The van der Waals surface area contributed by atoms with Gasteiger partial charge < -0.3 is 10.6 Å². The zero-order chi connectivity index (χ0) is 8.65. The molecule has 0 unspecified atom stereocenters. The van der Waals surface area contributed by atoms with Crippen LogP contribution in [0.5, 0.6) is 0 Å². The number of rotatable bonds is 5. The average Bonchev–Trinajstić information content (AvgIpc) is 2.57. The van der Waals surface area contributed by atoms with Crippen LogP contribution in [0.1, 0.15) is 11.3 Å². The fraction of sp³-hybridized carbons (Fsp3) is 0.375. The van der Waals surface area contributed by atoms with Gasteiger partial charge in [0.1, 0.15) is 6.61 Å². The first-order chi connectivity index (χ1) is 5.93. The fourth-order valence-corrected chi connectivity index (χ4v) is 1.23. The van der Waals surface area contributed by atoms with Crippen molar-refractivity contribution in [2.75, 3.05) is 13.2 Å². The highest BCUT2D eigenvalue weighted by molar-refractivity contribution is 7.11. The summed E-state index contributed by atoms with van der Waals surface area (Å²) in [6, 6.07) is 3.96. The normalized spacial score (nSPS) is 10.8. The molecule has 0 bridgehead atoms. The smallest absolute Gasteiger partial charge is 0.118 e. The molecule has 0 aromatic carbocycles. The Labute approximate surface area is 75.8 Å². The van der Waals surface area contributed by atoms with Gasteiger partial charge in [0.15, 0.2) is 0 Å². The van der Waals surface area contributed by atoms with E-state index >= 15 is 0 Å². The van der Waals surface area contributed by atoms with Crippen molar-refractivity contribution in [3.8, 4) is 0 Å². The van der Waals surface area contributed by atoms with E-state index in [0.29, 0.717) is 13.2 Å². The van der Waals surface area contributed by atoms with Crippen molar-refractivity contribution >= 4 is 17.6 Å². The van der Waals surface area contributed by atoms with E-state index in [2.05, 4.69) is 5.16 Å². The number of nitrogens with zero attached hydrogens (tertiary/aromatic N) is 1. The van der Waals surface area contributed by atoms with Gasteiger partial charge in [-0.3, -0.25) is 0 Å². The maximum absolute atomic E-state index is 5.28. The minimum Gasteiger partial charge on any atom is -0.396 e. The molecule has 66 valence electrons. The molecule has 4 heteroatoms. The Bertz CT molecular complexity index is 221. The first kappa shape index (κ1) is 9.22. The summed E-state index contributed by atoms with van der Waals surface area (Å²) in [6.07, 6.45) is 2.56. The highest BCUT2D eigenvalue weighted by Crippen LogP contribution is 2.04. The van der Waals surface area contributed by atoms with E-state index < -0.39 is 0 Å². The molecule has 0 saturated carbocycles. The molecule has 0 fully saturated rings. The number of oxime groups is 1. The van der Waals surface area contributed by atoms with Gasteiger partial charge in [0, 0.05) is 4.88 Å². The molecule has 0 aliphatic rings. The lowest BCUT2D eigenvalue weighted by Crippen LogP contribution is -2.01. The Morgan fingerprint density at radius 3 is 3.25 bits per heavy atom. The minimum atomic E-state index is 0.596. The van der Waals surface area contributed by atoms with E-state index in [1.807, 2.05) is 17.5 Å². The number of hydrogen-bond acceptors (Lipinski definition) is 4. The molecule has 12 heavy (non-hydrogen) atoms. The predicted octanol–water partition coefficient (Wildman–Crippen LogP) is 1.45. The second kappa shape index (κ2) is 5.74. The molecule has 0 saturated heterocycles. The Kier molecular flexibility index (Phi) is 4.41. The predicted molar refractivity (Wildman–Crippen MR) is 51.5 cm³/mol. The molecule has 0 amide bonds. The van der Waals surface area contributed by atoms with E-state index in [4.69, 9.17) is 10.6 Å². The molecular formula is C8H12N2OS. The van der Waals surface area contributed by atoms with Crippen LogP contribution in [0, 0.1) is 0 Å². The van der Waals surface area contributed by atoms with E-state index in [0.717, 1.165) is 11.3 Å². The van der Waals surface area contributed by atoms with Crippen molar-refractivity contribution in [1.29, 1.82) is 0 Å². The summed E-state index contributed by atoms with van der Waals surface area (Å²) in [5, 5.41) is 5.78. The quantitative estimate of drug-likeness (QED) is 0.427. The molecule has 0 radical (unpaired) electrons. The first-order valence-corrected chi connectivity index (χ1v) is 4.70. The van der Waals surface area contributed by atoms with Crippen LogP contribution < -0.4 is 5.73 Å². The second-order valence-corrected chi connectivity index (χ2v) is 3.20. The molecule has 0 spiro atoms. The zero-order valence-corrected chi connectivity index (χ0v) is 7.59. The summed E-state index contributed by atoms with van der Waals surface area (Å²) >= 11 is 1.63. The molecule has 1 heterocycles. The largest absolute Gasteiger partial charge is 0.396 e. The van der Waals surface area contributed by atoms with Crippen LogP contribution in [0.15, 0.2) is 22.7 Å². The third-order valence-electron chi connectivity index (χ3n) is 1.24. The molecule has 0 aliphatic carbocycles. The van der Waals surface area contributed by atoms with Crippen molar-refractivity contribution in [3.63, 3.8) is 0 Å². The maximum atomic E-state index is 5.28. The van der Waals surface area contributed by atoms with Gasteiger partial charge in [-0.15, -0.1) is 11.3 Å². The summed E-state index contributed by atoms with van der Waals surface area (Å²) in [6.45, 7) is 1.24. The van der Waals surface area contributed by atoms with Crippen LogP contribution in [-0.2, 0) is 4.84 Å². The molecule has 0 atom stereocenters. The summed E-state index contributed by atoms with van der Waals surface area (Å²) in [5.41, 5.74) is 5.28. The summed E-state index contributed by atoms with van der Waals surface area (Å²) in [7, 11) is 0. The Morgan fingerprint density at radius 1 is 1.67 bits per heavy atom. The monoisotopic (exact) mass is 184 g/mol. The van der Waals surface area contributed by atoms with Crippen LogP contribution in [0.4, 0.5) is 0 Å². The number of nitrogens with two attached hydrogens (primary N) is 1. The van der Waals surface area contributed by atoms with Gasteiger partial charge in [0.25, 0.3) is 0 Å². The van der Waals surface area contributed by atoms with E-state index in [1.165, 1.54) is 0 Å². The van der Waals surface area contributed by atoms with Gasteiger partial charge in [0.05, 0.1) is 6.21 Å². The van der Waals surface area contributed by atoms with Crippen molar-refractivity contribution < 1.29 is 4.84 Å². The van der Waals surface area contributed by atoms with Crippen molar-refractivity contribution in [1.82, 2.24) is 0 Å². The summed E-state index contributed by atoms with van der Waals surface area (Å²) in [5.74, 6) is 0. The lowest BCUT2D eigenvalue weighted by Gasteiger charge is -1.94. The third-order valence-corrected chi connectivity index (χ3v) is 2.04. The van der Waals surface area contributed by atoms with Crippen molar-refractivity contribution in [2.45, 2.75) is 6.42 Å². The van der Waals surface area contributed by atoms with E-state index in [-0.39, 0.29) is 0 Å². The standard InChI is InChI=1S/C8H12N2OS/c9-4-2-5-11-10-7-8-3-1-6-12-8/h1,3,6-7H,2,4-5,9H2. The topological polar surface area (TPSA) is 47.6 Å². The lowest BCUT2D eigenvalue weighted by molar-refractivity contribution is 0.145. The minimum absolute atomic E-state index is 0.596. The first-order valence-electron chi connectivity index (χ1n) is 3.82. The van der Waals surface area contributed by atoms with Crippen molar-refractivity contribution in [3.05, 3.63) is 22.4 Å². The average molecular weight is 184 g/mol. The van der Waals surface area contributed by atoms with Crippen LogP contribution in [-0.4, -0.2) is 19.4 Å². The molecule has 1 aromatic heterocycles. The van der Waals surface area contributed by atoms with Crippen LogP contribution in [0.2, 0.25) is 0 Å². The fourth-order valence-electron chi connectivity index (χ4n) is 0.655. The Hall–Kier alpha value is -0.870. The van der Waals surface area contributed by atoms with Gasteiger partial charge in [-0.1, -0.05) is 11.2 Å². The van der Waals surface area contributed by atoms with Gasteiger partial charge >= 0.3 is 0 Å². The Balaban J connectivity index is 2.14. The van der Waals surface area contributed by atoms with Gasteiger partial charge in [-0.25, -0.2) is 0 Å². The molecule has 1 aromatic rings. The van der Waals surface area contributed by atoms with Crippen LogP contribution in [0.25, 0.3) is 0 Å². The maximum Gasteiger partial charge on any atom is 0.118 e. The SMILES string of the molecule is NCCCON=Cc1cccs1. The Morgan fingerprint density at radius 2 is 2.58 bits per heavy atom.